The molecular weight excluding hydrogens is 397 g/mol. The molecule has 170 valence electrons. The number of carboxylic acid groups (broad SMARTS) is 1. The molecule has 0 saturated heterocycles. The molecule has 0 aromatic carbocycles. The van der Waals surface area contributed by atoms with Gasteiger partial charge in [0, 0.05) is 36.3 Å². The number of fused-ring (bicyclic) bond motifs is 2. The molecule has 0 bridgehead atoms. The van der Waals surface area contributed by atoms with E-state index in [2.05, 4.69) is 0 Å². The van der Waals surface area contributed by atoms with E-state index in [1.54, 1.807) is 13.8 Å². The Morgan fingerprint density at radius 3 is 2.19 bits per heavy atom. The second-order valence-corrected chi connectivity index (χ2v) is 9.16. The molecule has 0 fully saturated rings. The first-order chi connectivity index (χ1) is 14.7. The quantitative estimate of drug-likeness (QED) is 0.322. The van der Waals surface area contributed by atoms with Crippen molar-refractivity contribution in [3.05, 3.63) is 40.4 Å². The molecule has 2 aliphatic heterocycles. The van der Waals surface area contributed by atoms with E-state index in [-0.39, 0.29) is 6.42 Å². The van der Waals surface area contributed by atoms with Gasteiger partial charge in [0.15, 0.2) is 5.70 Å². The molecular formula is C24H35BF2N2O2. The zero-order chi connectivity index (χ0) is 22.8. The summed E-state index contributed by atoms with van der Waals surface area (Å²) in [6, 6.07) is 1.88. The largest absolute Gasteiger partial charge is 0.737 e. The van der Waals surface area contributed by atoms with E-state index in [1.807, 2.05) is 26.0 Å². The van der Waals surface area contributed by atoms with Crippen molar-refractivity contribution < 1.29 is 23.0 Å². The predicted octanol–water partition coefficient (Wildman–Crippen LogP) is 6.47. The Balaban J connectivity index is 1.63. The maximum Gasteiger partial charge on any atom is 0.737 e. The molecule has 7 heteroatoms. The molecule has 31 heavy (non-hydrogen) atoms. The summed E-state index contributed by atoms with van der Waals surface area (Å²) in [6.07, 6.45) is 11.2. The van der Waals surface area contributed by atoms with Crippen LogP contribution in [0.3, 0.4) is 0 Å². The van der Waals surface area contributed by atoms with Crippen LogP contribution in [-0.2, 0) is 4.79 Å². The van der Waals surface area contributed by atoms with Gasteiger partial charge in [-0.25, -0.2) is 0 Å². The van der Waals surface area contributed by atoms with Crippen LogP contribution in [0.15, 0.2) is 23.4 Å². The molecule has 0 spiro atoms. The van der Waals surface area contributed by atoms with Gasteiger partial charge in [0.25, 0.3) is 0 Å². The molecule has 0 unspecified atom stereocenters. The highest BCUT2D eigenvalue weighted by Gasteiger charge is 2.54. The summed E-state index contributed by atoms with van der Waals surface area (Å²) in [6.45, 7) is 3.56. The van der Waals surface area contributed by atoms with Gasteiger partial charge in [-0.15, -0.1) is 0 Å². The van der Waals surface area contributed by atoms with E-state index in [4.69, 9.17) is 5.11 Å². The van der Waals surface area contributed by atoms with Crippen LogP contribution in [0.2, 0.25) is 0 Å². The topological polar surface area (TPSA) is 45.2 Å². The third kappa shape index (κ3) is 4.70. The average molecular weight is 432 g/mol. The van der Waals surface area contributed by atoms with Crippen molar-refractivity contribution in [1.29, 1.82) is 0 Å². The van der Waals surface area contributed by atoms with Gasteiger partial charge >= 0.3 is 12.9 Å². The smallest absolute Gasteiger partial charge is 0.481 e. The number of carboxylic acids is 1. The van der Waals surface area contributed by atoms with E-state index < -0.39 is 12.9 Å². The van der Waals surface area contributed by atoms with E-state index in [9.17, 15) is 4.79 Å². The molecule has 1 aromatic heterocycles. The molecule has 0 radical (unpaired) electrons. The molecule has 1 aromatic rings. The van der Waals surface area contributed by atoms with Crippen molar-refractivity contribution in [1.82, 2.24) is 4.48 Å². The normalized spacial score (nSPS) is 17.2. The number of unbranched alkanes of at least 4 members (excludes halogenated alkanes) is 7. The van der Waals surface area contributed by atoms with Crippen molar-refractivity contribution in [3.8, 4) is 0 Å². The standard InChI is InChI=1S/C24H35BF2N2O2/c1-17-15-19(3)28-23(17)21(24-18(2)16-20(4)29(24)25(28,26)27)13-11-9-7-5-6-8-10-12-14-22(30)31/h15-16H,5-14H2,1-4H3,(H,30,31). The zero-order valence-corrected chi connectivity index (χ0v) is 19.3. The molecule has 0 aliphatic carbocycles. The molecule has 0 atom stereocenters. The summed E-state index contributed by atoms with van der Waals surface area (Å²) in [5.41, 5.74) is 5.59. The van der Waals surface area contributed by atoms with Gasteiger partial charge in [-0.05, 0) is 57.4 Å². The molecule has 2 aliphatic rings. The summed E-state index contributed by atoms with van der Waals surface area (Å²) in [5.74, 6) is -0.715. The fraction of sp³-hybridized carbons (Fsp3) is 0.583. The highest BCUT2D eigenvalue weighted by atomic mass is 19.2. The Labute approximate surface area is 184 Å². The lowest BCUT2D eigenvalue weighted by atomic mass is 9.84. The molecule has 0 saturated carbocycles. The number of hydrogen-bond donors (Lipinski definition) is 1. The van der Waals surface area contributed by atoms with Crippen molar-refractivity contribution in [2.24, 2.45) is 0 Å². The maximum atomic E-state index is 15.5. The second kappa shape index (κ2) is 9.53. The van der Waals surface area contributed by atoms with Crippen molar-refractivity contribution >= 4 is 24.2 Å². The van der Waals surface area contributed by atoms with Crippen LogP contribution in [0, 0.1) is 13.8 Å². The van der Waals surface area contributed by atoms with Gasteiger partial charge in [0.2, 0.25) is 0 Å². The predicted molar refractivity (Wildman–Crippen MR) is 123 cm³/mol. The lowest BCUT2D eigenvalue weighted by Gasteiger charge is -2.34. The van der Waals surface area contributed by atoms with Crippen LogP contribution in [0.5, 0.6) is 0 Å². The van der Waals surface area contributed by atoms with Gasteiger partial charge in [-0.1, -0.05) is 38.5 Å². The number of nitrogens with zero attached hydrogens (tertiary/aromatic N) is 2. The Hall–Kier alpha value is -2.18. The average Bonchev–Trinajstić information content (AvgIpc) is 3.15. The van der Waals surface area contributed by atoms with Crippen LogP contribution in [0.1, 0.15) is 95.0 Å². The van der Waals surface area contributed by atoms with E-state index in [0.29, 0.717) is 11.4 Å². The van der Waals surface area contributed by atoms with E-state index in [0.717, 1.165) is 85.9 Å². The fourth-order valence-corrected chi connectivity index (χ4v) is 5.31. The van der Waals surface area contributed by atoms with E-state index in [1.165, 1.54) is 8.96 Å². The van der Waals surface area contributed by atoms with Crippen LogP contribution in [0.4, 0.5) is 8.63 Å². The molecule has 1 N–H and O–H groups in total. The van der Waals surface area contributed by atoms with Gasteiger partial charge < -0.3 is 22.7 Å². The molecule has 3 heterocycles. The maximum absolute atomic E-state index is 15.5. The van der Waals surface area contributed by atoms with Gasteiger partial charge in [0.1, 0.15) is 5.71 Å². The number of aryl methyl sites for hydroxylation is 2. The highest BCUT2D eigenvalue weighted by Crippen LogP contribution is 2.43. The first-order valence-electron chi connectivity index (χ1n) is 11.6. The number of aliphatic carboxylic acids is 1. The minimum absolute atomic E-state index is 0.264. The molecule has 3 rings (SSSR count). The summed E-state index contributed by atoms with van der Waals surface area (Å²) in [5, 5.41) is 8.66. The lowest BCUT2D eigenvalue weighted by Crippen LogP contribution is -2.51. The SMILES string of the molecule is CC1=CC(C)=[N+]2C1=C(CCCCCCCCCCC(=O)O)c1c(C)cc(C)n1[B-]2(F)F. The second-order valence-electron chi connectivity index (χ2n) is 9.16. The number of halogens is 2. The Kier molecular flexibility index (Phi) is 7.22. The minimum Gasteiger partial charge on any atom is -0.481 e. The summed E-state index contributed by atoms with van der Waals surface area (Å²) >= 11 is 0. The number of rotatable bonds is 11. The zero-order valence-electron chi connectivity index (χ0n) is 19.3. The van der Waals surface area contributed by atoms with Crippen LogP contribution in [-0.4, -0.2) is 32.7 Å². The summed E-state index contributed by atoms with van der Waals surface area (Å²) in [4.78, 5) is 10.5. The number of aromatic nitrogens is 1. The fourth-order valence-electron chi connectivity index (χ4n) is 5.31. The van der Waals surface area contributed by atoms with Crippen LogP contribution < -0.4 is 0 Å². The van der Waals surface area contributed by atoms with Gasteiger partial charge in [0.05, 0.1) is 0 Å². The number of hydrogen-bond acceptors (Lipinski definition) is 1. The molecule has 0 amide bonds. The Morgan fingerprint density at radius 1 is 1.00 bits per heavy atom. The first-order valence-corrected chi connectivity index (χ1v) is 11.6. The van der Waals surface area contributed by atoms with Crippen molar-refractivity contribution in [2.75, 3.05) is 0 Å². The first kappa shape index (κ1) is 23.5. The number of allylic oxidation sites excluding steroid dienone is 3. The van der Waals surface area contributed by atoms with Crippen LogP contribution in [0.25, 0.3) is 5.57 Å². The third-order valence-corrected chi connectivity index (χ3v) is 6.60. The molecule has 4 nitrogen and oxygen atoms in total. The van der Waals surface area contributed by atoms with Crippen LogP contribution >= 0.6 is 0 Å². The van der Waals surface area contributed by atoms with Crippen molar-refractivity contribution in [2.45, 2.75) is 91.9 Å². The summed E-state index contributed by atoms with van der Waals surface area (Å²) < 4.78 is 33.6. The van der Waals surface area contributed by atoms with E-state index >= 15 is 8.63 Å². The monoisotopic (exact) mass is 432 g/mol. The van der Waals surface area contributed by atoms with Gasteiger partial charge in [-0.2, -0.15) is 0 Å². The lowest BCUT2D eigenvalue weighted by molar-refractivity contribution is -0.363. The minimum atomic E-state index is -3.87. The van der Waals surface area contributed by atoms with Gasteiger partial charge in [-0.3, -0.25) is 4.79 Å². The van der Waals surface area contributed by atoms with Crippen molar-refractivity contribution in [3.63, 3.8) is 0 Å². The summed E-state index contributed by atoms with van der Waals surface area (Å²) in [7, 11) is 0. The Bertz CT molecular complexity index is 957. The Morgan fingerprint density at radius 2 is 1.58 bits per heavy atom. The number of carbonyl (C=O) groups is 1. The highest BCUT2D eigenvalue weighted by molar-refractivity contribution is 6.58. The third-order valence-electron chi connectivity index (χ3n) is 6.60.